The minimum Gasteiger partial charge on any atom is -0.482 e. The highest BCUT2D eigenvalue weighted by atomic mass is 16.5. The Morgan fingerprint density at radius 1 is 1.33 bits per heavy atom. The van der Waals surface area contributed by atoms with Crippen LogP contribution in [0.3, 0.4) is 0 Å². The van der Waals surface area contributed by atoms with Crippen molar-refractivity contribution in [3.63, 3.8) is 0 Å². The molecule has 2 aromatic rings. The minimum atomic E-state index is -0.984. The Morgan fingerprint density at radius 3 is 2.88 bits per heavy atom. The van der Waals surface area contributed by atoms with Crippen LogP contribution in [0.2, 0.25) is 0 Å². The van der Waals surface area contributed by atoms with Crippen molar-refractivity contribution in [2.24, 2.45) is 0 Å². The van der Waals surface area contributed by atoms with Crippen LogP contribution in [0.1, 0.15) is 17.4 Å². The first kappa shape index (κ1) is 16.4. The number of rotatable bonds is 6. The van der Waals surface area contributed by atoms with Crippen LogP contribution >= 0.6 is 0 Å². The summed E-state index contributed by atoms with van der Waals surface area (Å²) in [6, 6.07) is 7.48. The topological polar surface area (TPSA) is 84.8 Å². The van der Waals surface area contributed by atoms with Crippen molar-refractivity contribution in [1.29, 1.82) is 0 Å². The fourth-order valence-electron chi connectivity index (χ4n) is 2.60. The van der Waals surface area contributed by atoms with Gasteiger partial charge in [0.2, 0.25) is 0 Å². The standard InChI is InChI=1S/C17H19N3O4/c21-17(22)12-24-14-3-1-13(2-4-14)10-20-7-8-23-16(11-20)15-9-18-5-6-19-15/h1-6,9,16H,7-8,10-12H2,(H,21,22). The minimum absolute atomic E-state index is 0.0642. The van der Waals surface area contributed by atoms with Crippen LogP contribution in [0.5, 0.6) is 5.75 Å². The quantitative estimate of drug-likeness (QED) is 0.860. The monoisotopic (exact) mass is 329 g/mol. The maximum Gasteiger partial charge on any atom is 0.341 e. The number of benzene rings is 1. The van der Waals surface area contributed by atoms with Gasteiger partial charge in [-0.2, -0.15) is 0 Å². The van der Waals surface area contributed by atoms with Gasteiger partial charge in [0.1, 0.15) is 11.9 Å². The number of morpholine rings is 1. The molecule has 0 spiro atoms. The summed E-state index contributed by atoms with van der Waals surface area (Å²) in [5.41, 5.74) is 1.98. The van der Waals surface area contributed by atoms with Crippen LogP contribution in [-0.2, 0) is 16.1 Å². The molecule has 1 fully saturated rings. The van der Waals surface area contributed by atoms with Crippen LogP contribution in [0.25, 0.3) is 0 Å². The molecule has 0 aliphatic carbocycles. The Balaban J connectivity index is 1.56. The SMILES string of the molecule is O=C(O)COc1ccc(CN2CCOC(c3cnccn3)C2)cc1. The number of hydrogen-bond donors (Lipinski definition) is 1. The van der Waals surface area contributed by atoms with Gasteiger partial charge < -0.3 is 14.6 Å². The number of aromatic nitrogens is 2. The molecule has 1 aliphatic heterocycles. The molecule has 0 saturated carbocycles. The highest BCUT2D eigenvalue weighted by molar-refractivity contribution is 5.68. The third kappa shape index (κ3) is 4.50. The van der Waals surface area contributed by atoms with E-state index in [1.807, 2.05) is 12.1 Å². The van der Waals surface area contributed by atoms with Gasteiger partial charge in [-0.15, -0.1) is 0 Å². The largest absolute Gasteiger partial charge is 0.482 e. The summed E-state index contributed by atoms with van der Waals surface area (Å²) in [5, 5.41) is 8.61. The number of ether oxygens (including phenoxy) is 2. The lowest BCUT2D eigenvalue weighted by molar-refractivity contribution is -0.139. The Hall–Kier alpha value is -2.51. The van der Waals surface area contributed by atoms with Crippen molar-refractivity contribution in [3.05, 3.63) is 54.1 Å². The molecule has 1 aliphatic rings. The normalized spacial score (nSPS) is 18.2. The second kappa shape index (κ2) is 7.85. The van der Waals surface area contributed by atoms with E-state index in [9.17, 15) is 4.79 Å². The van der Waals surface area contributed by atoms with Gasteiger partial charge in [0.05, 0.1) is 18.5 Å². The molecular formula is C17H19N3O4. The predicted octanol–water partition coefficient (Wildman–Crippen LogP) is 1.51. The molecule has 0 bridgehead atoms. The van der Waals surface area contributed by atoms with Crippen LogP contribution in [0.4, 0.5) is 0 Å². The van der Waals surface area contributed by atoms with Gasteiger partial charge in [-0.3, -0.25) is 14.9 Å². The van der Waals surface area contributed by atoms with E-state index in [1.165, 1.54) is 0 Å². The van der Waals surface area contributed by atoms with E-state index in [-0.39, 0.29) is 12.7 Å². The van der Waals surface area contributed by atoms with Crippen molar-refractivity contribution in [3.8, 4) is 5.75 Å². The highest BCUT2D eigenvalue weighted by Gasteiger charge is 2.23. The third-order valence-corrected chi connectivity index (χ3v) is 3.76. The van der Waals surface area contributed by atoms with E-state index < -0.39 is 5.97 Å². The average Bonchev–Trinajstić information content (AvgIpc) is 2.62. The number of carbonyl (C=O) groups is 1. The number of carboxylic acids is 1. The molecule has 1 aromatic carbocycles. The molecule has 1 unspecified atom stereocenters. The summed E-state index contributed by atoms with van der Waals surface area (Å²) in [7, 11) is 0. The zero-order valence-electron chi connectivity index (χ0n) is 13.2. The molecule has 24 heavy (non-hydrogen) atoms. The van der Waals surface area contributed by atoms with Crippen LogP contribution < -0.4 is 4.74 Å². The van der Waals surface area contributed by atoms with E-state index in [2.05, 4.69) is 14.9 Å². The molecule has 1 saturated heterocycles. The zero-order chi connectivity index (χ0) is 16.8. The van der Waals surface area contributed by atoms with Crippen molar-refractivity contribution in [1.82, 2.24) is 14.9 Å². The zero-order valence-corrected chi connectivity index (χ0v) is 13.2. The average molecular weight is 329 g/mol. The second-order valence-electron chi connectivity index (χ2n) is 5.55. The number of hydrogen-bond acceptors (Lipinski definition) is 6. The molecular weight excluding hydrogens is 310 g/mol. The lowest BCUT2D eigenvalue weighted by atomic mass is 10.1. The molecule has 7 heteroatoms. The molecule has 126 valence electrons. The molecule has 1 N–H and O–H groups in total. The van der Waals surface area contributed by atoms with E-state index in [0.717, 1.165) is 30.9 Å². The van der Waals surface area contributed by atoms with Crippen molar-refractivity contribution in [2.45, 2.75) is 12.6 Å². The lowest BCUT2D eigenvalue weighted by Crippen LogP contribution is -2.38. The lowest BCUT2D eigenvalue weighted by Gasteiger charge is -2.32. The van der Waals surface area contributed by atoms with Crippen molar-refractivity contribution >= 4 is 5.97 Å². The van der Waals surface area contributed by atoms with Gasteiger partial charge >= 0.3 is 5.97 Å². The van der Waals surface area contributed by atoms with Crippen molar-refractivity contribution < 1.29 is 19.4 Å². The summed E-state index contributed by atoms with van der Waals surface area (Å²) in [4.78, 5) is 21.2. The van der Waals surface area contributed by atoms with Gasteiger partial charge in [0.25, 0.3) is 0 Å². The fourth-order valence-corrected chi connectivity index (χ4v) is 2.60. The molecule has 1 aromatic heterocycles. The first-order chi connectivity index (χ1) is 11.7. The molecule has 2 heterocycles. The maximum atomic E-state index is 10.5. The van der Waals surface area contributed by atoms with E-state index in [4.69, 9.17) is 14.6 Å². The summed E-state index contributed by atoms with van der Waals surface area (Å²) in [6.07, 6.45) is 5.00. The fraction of sp³-hybridized carbons (Fsp3) is 0.353. The van der Waals surface area contributed by atoms with Gasteiger partial charge in [0.15, 0.2) is 6.61 Å². The number of nitrogens with zero attached hydrogens (tertiary/aromatic N) is 3. The van der Waals surface area contributed by atoms with Crippen molar-refractivity contribution in [2.75, 3.05) is 26.3 Å². The molecule has 3 rings (SSSR count). The van der Waals surface area contributed by atoms with Gasteiger partial charge in [-0.25, -0.2) is 4.79 Å². The highest BCUT2D eigenvalue weighted by Crippen LogP contribution is 2.21. The Morgan fingerprint density at radius 2 is 2.17 bits per heavy atom. The molecule has 7 nitrogen and oxygen atoms in total. The Bertz CT molecular complexity index is 663. The summed E-state index contributed by atoms with van der Waals surface area (Å²) in [5.74, 6) is -0.428. The second-order valence-corrected chi connectivity index (χ2v) is 5.55. The third-order valence-electron chi connectivity index (χ3n) is 3.76. The van der Waals surface area contributed by atoms with E-state index in [1.54, 1.807) is 30.7 Å². The number of carboxylic acid groups (broad SMARTS) is 1. The molecule has 1 atom stereocenters. The maximum absolute atomic E-state index is 10.5. The van der Waals surface area contributed by atoms with Gasteiger partial charge in [-0.1, -0.05) is 12.1 Å². The summed E-state index contributed by atoms with van der Waals surface area (Å²) >= 11 is 0. The number of aliphatic carboxylic acids is 1. The first-order valence-corrected chi connectivity index (χ1v) is 7.74. The first-order valence-electron chi connectivity index (χ1n) is 7.74. The Labute approximate surface area is 139 Å². The smallest absolute Gasteiger partial charge is 0.341 e. The summed E-state index contributed by atoms with van der Waals surface area (Å²) in [6.45, 7) is 2.73. The van der Waals surface area contributed by atoms with Gasteiger partial charge in [0, 0.05) is 32.0 Å². The molecule has 0 radical (unpaired) electrons. The van der Waals surface area contributed by atoms with E-state index >= 15 is 0 Å². The Kier molecular flexibility index (Phi) is 5.35. The molecule has 0 amide bonds. The van der Waals surface area contributed by atoms with Crippen LogP contribution in [0.15, 0.2) is 42.9 Å². The van der Waals surface area contributed by atoms with Crippen LogP contribution in [-0.4, -0.2) is 52.2 Å². The predicted molar refractivity (Wildman–Crippen MR) is 85.6 cm³/mol. The summed E-state index contributed by atoms with van der Waals surface area (Å²) < 4.78 is 10.9. The van der Waals surface area contributed by atoms with E-state index in [0.29, 0.717) is 12.4 Å². The van der Waals surface area contributed by atoms with Gasteiger partial charge in [-0.05, 0) is 17.7 Å². The van der Waals surface area contributed by atoms with Crippen LogP contribution in [0, 0.1) is 0 Å².